The van der Waals surface area contributed by atoms with Gasteiger partial charge in [0.15, 0.2) is 0 Å². The van der Waals surface area contributed by atoms with E-state index in [-0.39, 0.29) is 40.9 Å². The molecule has 5 atom stereocenters. The molecular weight excluding hydrogens is 452 g/mol. The average Bonchev–Trinajstić information content (AvgIpc) is 2.87. The summed E-state index contributed by atoms with van der Waals surface area (Å²) in [4.78, 5) is 0. The van der Waals surface area contributed by atoms with Gasteiger partial charge in [0.05, 0.1) is 11.9 Å². The fraction of sp³-hybridized carbons (Fsp3) is 0.355. The lowest BCUT2D eigenvalue weighted by molar-refractivity contribution is 0.194. The van der Waals surface area contributed by atoms with Crippen LogP contribution >= 0.6 is 0 Å². The molecule has 4 aliphatic rings. The van der Waals surface area contributed by atoms with Crippen LogP contribution in [0.2, 0.25) is 0 Å². The van der Waals surface area contributed by atoms with Crippen LogP contribution in [0.1, 0.15) is 37.7 Å². The fourth-order valence-corrected chi connectivity index (χ4v) is 5.86. The Morgan fingerprint density at radius 3 is 2.33 bits per heavy atom. The van der Waals surface area contributed by atoms with Gasteiger partial charge in [0.1, 0.15) is 17.3 Å². The topological polar surface area (TPSA) is 101 Å². The minimum atomic E-state index is -0.394. The van der Waals surface area contributed by atoms with Gasteiger partial charge in [-0.1, -0.05) is 42.5 Å². The minimum absolute atomic E-state index is 0.0504. The lowest BCUT2D eigenvalue weighted by Gasteiger charge is -2.37. The van der Waals surface area contributed by atoms with Crippen LogP contribution in [0.4, 0.5) is 0 Å². The molecule has 5 N–H and O–H groups in total. The van der Waals surface area contributed by atoms with Crippen molar-refractivity contribution in [2.24, 2.45) is 23.7 Å². The summed E-state index contributed by atoms with van der Waals surface area (Å²) >= 11 is 0. The predicted octanol–water partition coefficient (Wildman–Crippen LogP) is 6.43. The Bertz CT molecular complexity index is 1210. The van der Waals surface area contributed by atoms with E-state index in [1.165, 1.54) is 0 Å². The van der Waals surface area contributed by atoms with E-state index in [1.807, 2.05) is 42.5 Å². The number of aliphatic hydroxyl groups is 4. The van der Waals surface area contributed by atoms with Crippen molar-refractivity contribution >= 4 is 0 Å². The Morgan fingerprint density at radius 2 is 1.64 bits per heavy atom. The maximum atomic E-state index is 11.5. The quantitative estimate of drug-likeness (QED) is 0.299. The highest BCUT2D eigenvalue weighted by atomic mass is 16.3. The maximum Gasteiger partial charge on any atom is 0.118 e. The van der Waals surface area contributed by atoms with Crippen molar-refractivity contribution in [3.8, 4) is 5.75 Å². The third-order valence-corrected chi connectivity index (χ3v) is 7.88. The molecule has 0 bridgehead atoms. The summed E-state index contributed by atoms with van der Waals surface area (Å²) in [7, 11) is 0. The zero-order chi connectivity index (χ0) is 25.2. The van der Waals surface area contributed by atoms with Crippen molar-refractivity contribution in [1.29, 1.82) is 0 Å². The van der Waals surface area contributed by atoms with E-state index in [9.17, 15) is 25.5 Å². The van der Waals surface area contributed by atoms with Gasteiger partial charge in [-0.2, -0.15) is 0 Å². The first-order valence-corrected chi connectivity index (χ1v) is 12.8. The van der Waals surface area contributed by atoms with Crippen LogP contribution < -0.4 is 0 Å². The maximum absolute atomic E-state index is 11.5. The van der Waals surface area contributed by atoms with Crippen LogP contribution in [0, 0.1) is 23.7 Å². The molecule has 188 valence electrons. The molecule has 4 aliphatic carbocycles. The fourth-order valence-electron chi connectivity index (χ4n) is 5.86. The lowest BCUT2D eigenvalue weighted by Crippen LogP contribution is -2.28. The second kappa shape index (κ2) is 10.3. The van der Waals surface area contributed by atoms with Crippen LogP contribution in [-0.4, -0.2) is 31.6 Å². The van der Waals surface area contributed by atoms with Crippen LogP contribution in [0.15, 0.2) is 107 Å². The number of aromatic hydroxyl groups is 1. The first-order valence-electron chi connectivity index (χ1n) is 12.8. The Labute approximate surface area is 212 Å². The Kier molecular flexibility index (Phi) is 6.92. The highest BCUT2D eigenvalue weighted by Gasteiger charge is 2.37. The number of hydrogen-bond donors (Lipinski definition) is 5. The number of hydrogen-bond acceptors (Lipinski definition) is 5. The molecule has 0 fully saturated rings. The second-order valence-electron chi connectivity index (χ2n) is 10.4. The average molecular weight is 487 g/mol. The van der Waals surface area contributed by atoms with Crippen molar-refractivity contribution in [2.75, 3.05) is 0 Å². The number of phenolic OH excluding ortho intramolecular Hbond substituents is 1. The predicted molar refractivity (Wildman–Crippen MR) is 140 cm³/mol. The zero-order valence-corrected chi connectivity index (χ0v) is 20.3. The van der Waals surface area contributed by atoms with Crippen molar-refractivity contribution < 1.29 is 25.5 Å². The van der Waals surface area contributed by atoms with Crippen molar-refractivity contribution in [3.05, 3.63) is 112 Å². The van der Waals surface area contributed by atoms with Gasteiger partial charge in [-0.3, -0.25) is 0 Å². The Hall–Kier alpha value is -3.44. The zero-order valence-electron chi connectivity index (χ0n) is 20.3. The van der Waals surface area contributed by atoms with Gasteiger partial charge >= 0.3 is 0 Å². The highest BCUT2D eigenvalue weighted by molar-refractivity contribution is 5.53. The minimum Gasteiger partial charge on any atom is -0.512 e. The van der Waals surface area contributed by atoms with Gasteiger partial charge in [0.25, 0.3) is 0 Å². The molecule has 1 aromatic carbocycles. The molecule has 0 saturated carbocycles. The van der Waals surface area contributed by atoms with E-state index < -0.39 is 6.10 Å². The third-order valence-electron chi connectivity index (χ3n) is 7.88. The molecule has 5 rings (SSSR count). The number of allylic oxidation sites excluding steroid dienone is 11. The molecule has 0 spiro atoms. The largest absolute Gasteiger partial charge is 0.512 e. The van der Waals surface area contributed by atoms with Gasteiger partial charge < -0.3 is 25.5 Å². The van der Waals surface area contributed by atoms with Crippen LogP contribution in [0.5, 0.6) is 5.75 Å². The lowest BCUT2D eigenvalue weighted by atomic mass is 9.68. The molecule has 0 aliphatic heterocycles. The molecule has 0 saturated heterocycles. The van der Waals surface area contributed by atoms with Crippen molar-refractivity contribution in [1.82, 2.24) is 0 Å². The molecule has 1 aromatic rings. The van der Waals surface area contributed by atoms with E-state index in [0.29, 0.717) is 18.6 Å². The van der Waals surface area contributed by atoms with Crippen molar-refractivity contribution in [3.63, 3.8) is 0 Å². The van der Waals surface area contributed by atoms with Gasteiger partial charge in [-0.25, -0.2) is 0 Å². The smallest absolute Gasteiger partial charge is 0.118 e. The van der Waals surface area contributed by atoms with Crippen molar-refractivity contribution in [2.45, 2.75) is 44.6 Å². The van der Waals surface area contributed by atoms with Crippen LogP contribution in [0.3, 0.4) is 0 Å². The molecule has 5 nitrogen and oxygen atoms in total. The summed E-state index contributed by atoms with van der Waals surface area (Å²) in [6.07, 6.45) is 19.1. The molecular formula is C31H34O5. The summed E-state index contributed by atoms with van der Waals surface area (Å²) < 4.78 is 0. The van der Waals surface area contributed by atoms with Gasteiger partial charge in [-0.15, -0.1) is 0 Å². The standard InChI is InChI=1S/C31H34O5/c32-23-7-1-19(2-8-23)15-22-18-27-26(29(31(22)36)17-21-5-11-25(34)12-6-21)13-14-30(35)28(27)16-20-3-9-24(33)10-4-20/h1-3,5,7-9,11-14,18,20-21,24,26,29,32-36H,4,6,10,15-17H2. The highest BCUT2D eigenvalue weighted by Crippen LogP contribution is 2.47. The summed E-state index contributed by atoms with van der Waals surface area (Å²) in [5.41, 5.74) is 3.76. The molecule has 0 radical (unpaired) electrons. The number of rotatable bonds is 6. The molecule has 5 unspecified atom stereocenters. The summed E-state index contributed by atoms with van der Waals surface area (Å²) in [5, 5.41) is 51.7. The van der Waals surface area contributed by atoms with E-state index >= 15 is 0 Å². The summed E-state index contributed by atoms with van der Waals surface area (Å²) in [5.74, 6) is 1.36. The van der Waals surface area contributed by atoms with Gasteiger partial charge in [0.2, 0.25) is 0 Å². The number of phenols is 1. The SMILES string of the molecule is OC1=CCC(CC2C(O)=C(Cc3ccc(O)cc3)C=C3C(CC4C=CC(O)CC4)=C(O)C=CC32)C=C1. The number of fused-ring (bicyclic) bond motifs is 1. The van der Waals surface area contributed by atoms with Gasteiger partial charge in [0, 0.05) is 18.3 Å². The van der Waals surface area contributed by atoms with Crippen LogP contribution in [0.25, 0.3) is 0 Å². The van der Waals surface area contributed by atoms with Gasteiger partial charge in [-0.05, 0) is 96.6 Å². The van der Waals surface area contributed by atoms with E-state index in [4.69, 9.17) is 0 Å². The molecule has 0 heterocycles. The van der Waals surface area contributed by atoms with Crippen LogP contribution in [-0.2, 0) is 6.42 Å². The number of aliphatic hydroxyl groups excluding tert-OH is 4. The first kappa shape index (κ1) is 24.3. The Balaban J connectivity index is 1.48. The second-order valence-corrected chi connectivity index (χ2v) is 10.4. The van der Waals surface area contributed by atoms with E-state index in [0.717, 1.165) is 48.0 Å². The van der Waals surface area contributed by atoms with E-state index in [1.54, 1.807) is 24.3 Å². The monoisotopic (exact) mass is 486 g/mol. The first-order chi connectivity index (χ1) is 17.4. The summed E-state index contributed by atoms with van der Waals surface area (Å²) in [6, 6.07) is 7.03. The normalized spacial score (nSPS) is 29.8. The third kappa shape index (κ3) is 5.21. The molecule has 0 amide bonds. The van der Waals surface area contributed by atoms with E-state index in [2.05, 4.69) is 6.08 Å². The number of benzene rings is 1. The molecule has 5 heteroatoms. The Morgan fingerprint density at radius 1 is 0.833 bits per heavy atom. The molecule has 36 heavy (non-hydrogen) atoms. The molecule has 0 aromatic heterocycles. The summed E-state index contributed by atoms with van der Waals surface area (Å²) in [6.45, 7) is 0.